The van der Waals surface area contributed by atoms with Crippen LogP contribution in [0.15, 0.2) is 42.6 Å². The number of methoxy groups -OCH3 is 1. The lowest BCUT2D eigenvalue weighted by molar-refractivity contribution is -0.116. The first-order valence-electron chi connectivity index (χ1n) is 9.10. The molecule has 7 nitrogen and oxygen atoms in total. The van der Waals surface area contributed by atoms with E-state index in [2.05, 4.69) is 15.4 Å². The van der Waals surface area contributed by atoms with E-state index in [1.165, 1.54) is 0 Å². The molecule has 7 heteroatoms. The Morgan fingerprint density at radius 3 is 2.71 bits per heavy atom. The number of hydrogen-bond acceptors (Lipinski definition) is 5. The number of aryl methyl sites for hydroxylation is 2. The van der Waals surface area contributed by atoms with E-state index in [0.29, 0.717) is 18.5 Å². The minimum absolute atomic E-state index is 0.0450. The smallest absolute Gasteiger partial charge is 0.224 e. The number of ether oxygens (including phenoxy) is 1. The molecule has 0 fully saturated rings. The van der Waals surface area contributed by atoms with Crippen LogP contribution >= 0.6 is 0 Å². The number of carbonyl (C=O) groups excluding carboxylic acids is 1. The summed E-state index contributed by atoms with van der Waals surface area (Å²) in [6, 6.07) is 11.1. The molecular formula is C21H21N5O2. The van der Waals surface area contributed by atoms with E-state index in [4.69, 9.17) is 9.72 Å². The van der Waals surface area contributed by atoms with Gasteiger partial charge in [0.15, 0.2) is 11.3 Å². The number of benzene rings is 1. The summed E-state index contributed by atoms with van der Waals surface area (Å²) in [6.07, 6.45) is 2.67. The Morgan fingerprint density at radius 1 is 1.18 bits per heavy atom. The van der Waals surface area contributed by atoms with Crippen LogP contribution in [0, 0.1) is 13.8 Å². The van der Waals surface area contributed by atoms with Crippen molar-refractivity contribution < 1.29 is 9.53 Å². The Balaban J connectivity index is 1.54. The van der Waals surface area contributed by atoms with Gasteiger partial charge in [0, 0.05) is 29.7 Å². The fourth-order valence-electron chi connectivity index (χ4n) is 3.36. The third-order valence-electron chi connectivity index (χ3n) is 4.86. The summed E-state index contributed by atoms with van der Waals surface area (Å²) < 4.78 is 6.95. The summed E-state index contributed by atoms with van der Waals surface area (Å²) in [5.74, 6) is 0.709. The molecule has 0 aliphatic carbocycles. The molecule has 3 heterocycles. The van der Waals surface area contributed by atoms with Crippen LogP contribution in [-0.2, 0) is 11.2 Å². The molecule has 142 valence electrons. The maximum atomic E-state index is 12.4. The Morgan fingerprint density at radius 2 is 1.96 bits per heavy atom. The van der Waals surface area contributed by atoms with Crippen molar-refractivity contribution in [3.8, 4) is 5.75 Å². The van der Waals surface area contributed by atoms with Crippen LogP contribution in [0.25, 0.3) is 16.7 Å². The SMILES string of the molecule is COc1ccc(NC(=O)CCc2c(C)nc3c4cccnc4nn3c2C)cc1. The molecule has 0 spiro atoms. The van der Waals surface area contributed by atoms with Gasteiger partial charge in [-0.05, 0) is 62.2 Å². The van der Waals surface area contributed by atoms with E-state index in [9.17, 15) is 4.79 Å². The molecule has 1 amide bonds. The summed E-state index contributed by atoms with van der Waals surface area (Å²) in [5, 5.41) is 8.40. The third-order valence-corrected chi connectivity index (χ3v) is 4.86. The van der Waals surface area contributed by atoms with E-state index >= 15 is 0 Å². The number of anilines is 1. The standard InChI is InChI=1S/C21H21N5O2/c1-13-17(10-11-19(27)24-15-6-8-16(28-3)9-7-15)14(2)26-21(23-13)18-5-4-12-22-20(18)25-26/h4-9,12H,10-11H2,1-3H3,(H,24,27). The lowest BCUT2D eigenvalue weighted by Gasteiger charge is -2.11. The molecule has 0 aliphatic rings. The van der Waals surface area contributed by atoms with Crippen molar-refractivity contribution in [1.29, 1.82) is 0 Å². The second-order valence-electron chi connectivity index (χ2n) is 6.65. The average Bonchev–Trinajstić information content (AvgIpc) is 3.07. The molecule has 0 atom stereocenters. The van der Waals surface area contributed by atoms with Gasteiger partial charge in [0.25, 0.3) is 0 Å². The predicted molar refractivity (Wildman–Crippen MR) is 108 cm³/mol. The van der Waals surface area contributed by atoms with Crippen LogP contribution in [-0.4, -0.2) is 32.6 Å². The van der Waals surface area contributed by atoms with E-state index in [0.717, 1.165) is 39.4 Å². The lowest BCUT2D eigenvalue weighted by atomic mass is 10.1. The molecule has 4 rings (SSSR count). The fraction of sp³-hybridized carbons (Fsp3) is 0.238. The predicted octanol–water partition coefficient (Wildman–Crippen LogP) is 3.47. The van der Waals surface area contributed by atoms with Crippen molar-refractivity contribution in [1.82, 2.24) is 19.6 Å². The van der Waals surface area contributed by atoms with Gasteiger partial charge in [-0.15, -0.1) is 5.10 Å². The first-order valence-corrected chi connectivity index (χ1v) is 9.10. The van der Waals surface area contributed by atoms with Crippen molar-refractivity contribution in [3.05, 3.63) is 59.5 Å². The van der Waals surface area contributed by atoms with Gasteiger partial charge in [0.1, 0.15) is 5.75 Å². The minimum atomic E-state index is -0.0450. The third kappa shape index (κ3) is 3.26. The van der Waals surface area contributed by atoms with Gasteiger partial charge in [-0.1, -0.05) is 0 Å². The van der Waals surface area contributed by atoms with Crippen LogP contribution in [0.4, 0.5) is 5.69 Å². The van der Waals surface area contributed by atoms with Gasteiger partial charge in [0.2, 0.25) is 5.91 Å². The highest BCUT2D eigenvalue weighted by atomic mass is 16.5. The molecule has 0 radical (unpaired) electrons. The first-order chi connectivity index (χ1) is 13.6. The molecule has 1 aromatic carbocycles. The topological polar surface area (TPSA) is 81.4 Å². The fourth-order valence-corrected chi connectivity index (χ4v) is 3.36. The maximum absolute atomic E-state index is 12.4. The van der Waals surface area contributed by atoms with Gasteiger partial charge in [0.05, 0.1) is 12.5 Å². The number of pyridine rings is 1. The molecule has 0 saturated heterocycles. The summed E-state index contributed by atoms with van der Waals surface area (Å²) in [6.45, 7) is 3.98. The number of fused-ring (bicyclic) bond motifs is 3. The number of hydrogen-bond donors (Lipinski definition) is 1. The Labute approximate surface area is 162 Å². The number of carbonyl (C=O) groups is 1. The van der Waals surface area contributed by atoms with Gasteiger partial charge >= 0.3 is 0 Å². The normalized spacial score (nSPS) is 11.1. The van der Waals surface area contributed by atoms with Crippen LogP contribution in [0.3, 0.4) is 0 Å². The Kier molecular flexibility index (Phi) is 4.65. The molecular weight excluding hydrogens is 354 g/mol. The largest absolute Gasteiger partial charge is 0.497 e. The minimum Gasteiger partial charge on any atom is -0.497 e. The zero-order valence-corrected chi connectivity index (χ0v) is 16.1. The highest BCUT2D eigenvalue weighted by Gasteiger charge is 2.15. The number of nitrogens with one attached hydrogen (secondary N) is 1. The van der Waals surface area contributed by atoms with Crippen LogP contribution < -0.4 is 10.1 Å². The van der Waals surface area contributed by atoms with Gasteiger partial charge in [-0.3, -0.25) is 4.79 Å². The summed E-state index contributed by atoms with van der Waals surface area (Å²) in [7, 11) is 1.61. The van der Waals surface area contributed by atoms with E-state index in [-0.39, 0.29) is 5.91 Å². The van der Waals surface area contributed by atoms with Crippen molar-refractivity contribution in [3.63, 3.8) is 0 Å². The molecule has 0 unspecified atom stereocenters. The molecule has 0 saturated carbocycles. The molecule has 1 N–H and O–H groups in total. The molecule has 28 heavy (non-hydrogen) atoms. The van der Waals surface area contributed by atoms with Gasteiger partial charge in [-0.2, -0.15) is 0 Å². The second kappa shape index (κ2) is 7.26. The monoisotopic (exact) mass is 375 g/mol. The van der Waals surface area contributed by atoms with E-state index < -0.39 is 0 Å². The maximum Gasteiger partial charge on any atom is 0.224 e. The second-order valence-corrected chi connectivity index (χ2v) is 6.65. The number of amides is 1. The van der Waals surface area contributed by atoms with Crippen molar-refractivity contribution in [2.75, 3.05) is 12.4 Å². The lowest BCUT2D eigenvalue weighted by Crippen LogP contribution is -2.14. The van der Waals surface area contributed by atoms with Crippen molar-refractivity contribution in [2.45, 2.75) is 26.7 Å². The molecule has 3 aromatic heterocycles. The zero-order chi connectivity index (χ0) is 19.7. The Bertz CT molecular complexity index is 1170. The van der Waals surface area contributed by atoms with Crippen LogP contribution in [0.5, 0.6) is 5.75 Å². The molecule has 0 aliphatic heterocycles. The van der Waals surface area contributed by atoms with Gasteiger partial charge < -0.3 is 10.1 Å². The van der Waals surface area contributed by atoms with E-state index in [1.807, 2.05) is 54.8 Å². The highest BCUT2D eigenvalue weighted by Crippen LogP contribution is 2.22. The summed E-state index contributed by atoms with van der Waals surface area (Å²) in [5.41, 5.74) is 5.14. The highest BCUT2D eigenvalue weighted by molar-refractivity contribution is 5.91. The van der Waals surface area contributed by atoms with Gasteiger partial charge in [-0.25, -0.2) is 14.5 Å². The van der Waals surface area contributed by atoms with Crippen LogP contribution in [0.1, 0.15) is 23.4 Å². The quantitative estimate of drug-likeness (QED) is 0.578. The average molecular weight is 375 g/mol. The van der Waals surface area contributed by atoms with Crippen molar-refractivity contribution in [2.24, 2.45) is 0 Å². The Hall–Kier alpha value is -3.48. The number of rotatable bonds is 5. The van der Waals surface area contributed by atoms with Crippen molar-refractivity contribution >= 4 is 28.3 Å². The molecule has 0 bridgehead atoms. The van der Waals surface area contributed by atoms with Crippen LogP contribution in [0.2, 0.25) is 0 Å². The summed E-state index contributed by atoms with van der Waals surface area (Å²) >= 11 is 0. The first kappa shape index (κ1) is 17.9. The summed E-state index contributed by atoms with van der Waals surface area (Å²) in [4.78, 5) is 21.4. The molecule has 4 aromatic rings. The number of aromatic nitrogens is 4. The van der Waals surface area contributed by atoms with E-state index in [1.54, 1.807) is 13.3 Å². The number of nitrogens with zero attached hydrogens (tertiary/aromatic N) is 4. The zero-order valence-electron chi connectivity index (χ0n) is 16.1.